The predicted molar refractivity (Wildman–Crippen MR) is 112 cm³/mol. The minimum Gasteiger partial charge on any atom is -0.546 e. The lowest BCUT2D eigenvalue weighted by molar-refractivity contribution is -0.143. The fraction of sp³-hybridized carbons (Fsp3) is 0.727. The van der Waals surface area contributed by atoms with E-state index in [1.54, 1.807) is 0 Å². The number of methoxy groups -OCH3 is 2. The number of carbonyl (C=O) groups is 2. The molecule has 0 heterocycles. The van der Waals surface area contributed by atoms with Gasteiger partial charge in [0.15, 0.2) is 0 Å². The fourth-order valence-electron chi connectivity index (χ4n) is 5.37. The molecule has 0 radical (unpaired) electrons. The van der Waals surface area contributed by atoms with Gasteiger partial charge >= 0.3 is 0 Å². The first kappa shape index (κ1) is 22.7. The maximum absolute atomic E-state index is 13.3. The predicted octanol–water partition coefficient (Wildman–Crippen LogP) is 5.13. The van der Waals surface area contributed by atoms with Crippen molar-refractivity contribution >= 4 is 19.9 Å². The molecule has 0 N–H and O–H groups in total. The van der Waals surface area contributed by atoms with E-state index in [2.05, 4.69) is 41.5 Å². The van der Waals surface area contributed by atoms with E-state index in [-0.39, 0.29) is 23.1 Å². The summed E-state index contributed by atoms with van der Waals surface area (Å²) in [6.07, 6.45) is 2.93. The summed E-state index contributed by atoms with van der Waals surface area (Å²) in [4.78, 5) is 26.2. The van der Waals surface area contributed by atoms with E-state index < -0.39 is 19.7 Å². The molecule has 2 aliphatic rings. The Labute approximate surface area is 170 Å². The zero-order valence-electron chi connectivity index (χ0n) is 18.8. The lowest BCUT2D eigenvalue weighted by Gasteiger charge is -2.47. The molecule has 2 atom stereocenters. The molecule has 0 bridgehead atoms. The van der Waals surface area contributed by atoms with Crippen molar-refractivity contribution in [3.63, 3.8) is 0 Å². The Morgan fingerprint density at radius 2 is 1.46 bits per heavy atom. The van der Waals surface area contributed by atoms with Gasteiger partial charge in [-0.05, 0) is 29.1 Å². The lowest BCUT2D eigenvalue weighted by Crippen LogP contribution is -2.51. The highest BCUT2D eigenvalue weighted by atomic mass is 28.4. The van der Waals surface area contributed by atoms with Crippen molar-refractivity contribution in [2.45, 2.75) is 77.9 Å². The summed E-state index contributed by atoms with van der Waals surface area (Å²) in [5, 5.41) is 0. The number of hydrogen-bond acceptors (Lipinski definition) is 5. The average molecular weight is 409 g/mol. The molecule has 6 heteroatoms. The number of hydrogen-bond donors (Lipinski definition) is 0. The number of fused-ring (bicyclic) bond motifs is 1. The Morgan fingerprint density at radius 1 is 0.964 bits per heavy atom. The fourth-order valence-corrected chi connectivity index (χ4v) is 10.7. The first-order valence-corrected chi connectivity index (χ1v) is 12.4. The molecule has 28 heavy (non-hydrogen) atoms. The number of carbonyl (C=O) groups excluding carboxylic acids is 2. The summed E-state index contributed by atoms with van der Waals surface area (Å²) >= 11 is 0. The highest BCUT2D eigenvalue weighted by Gasteiger charge is 2.56. The third kappa shape index (κ3) is 3.34. The maximum atomic E-state index is 13.3. The van der Waals surface area contributed by atoms with E-state index in [1.807, 2.05) is 13.0 Å². The van der Waals surface area contributed by atoms with Gasteiger partial charge in [-0.2, -0.15) is 0 Å². The van der Waals surface area contributed by atoms with Gasteiger partial charge in [-0.3, -0.25) is 9.59 Å². The molecule has 0 unspecified atom stereocenters. The molecule has 2 aliphatic carbocycles. The van der Waals surface area contributed by atoms with Crippen LogP contribution in [0.3, 0.4) is 0 Å². The zero-order chi connectivity index (χ0) is 21.4. The summed E-state index contributed by atoms with van der Waals surface area (Å²) in [5.74, 6) is 0.178. The van der Waals surface area contributed by atoms with E-state index in [4.69, 9.17) is 13.9 Å². The topological polar surface area (TPSA) is 61.8 Å². The van der Waals surface area contributed by atoms with Crippen LogP contribution >= 0.6 is 0 Å². The molecule has 2 rings (SSSR count). The zero-order valence-corrected chi connectivity index (χ0v) is 19.8. The van der Waals surface area contributed by atoms with Crippen molar-refractivity contribution < 1.29 is 23.5 Å². The van der Waals surface area contributed by atoms with Crippen molar-refractivity contribution in [3.8, 4) is 0 Å². The molecule has 0 amide bonds. The Morgan fingerprint density at radius 3 is 1.89 bits per heavy atom. The molecule has 5 nitrogen and oxygen atoms in total. The second-order valence-corrected chi connectivity index (χ2v) is 14.6. The van der Waals surface area contributed by atoms with Crippen LogP contribution in [0.25, 0.3) is 0 Å². The minimum absolute atomic E-state index is 0.0348. The van der Waals surface area contributed by atoms with Crippen molar-refractivity contribution in [3.05, 3.63) is 23.4 Å². The molecule has 0 aromatic rings. The number of rotatable bonds is 7. The molecular formula is C22H36O5Si. The van der Waals surface area contributed by atoms with Crippen LogP contribution in [0, 0.1) is 11.3 Å². The third-order valence-corrected chi connectivity index (χ3v) is 12.8. The number of ketones is 2. The SMILES string of the molecule is COC1=C(OC)C(=O)[C@]2(C)CC(O[Si](C(C)C)(C(C)C)C(C)C)=CC[C@@H]2C1=O. The molecular weight excluding hydrogens is 372 g/mol. The molecule has 0 aliphatic heterocycles. The van der Waals surface area contributed by atoms with E-state index in [0.717, 1.165) is 5.76 Å². The number of ether oxygens (including phenoxy) is 2. The van der Waals surface area contributed by atoms with Crippen LogP contribution in [0.5, 0.6) is 0 Å². The van der Waals surface area contributed by atoms with Crippen molar-refractivity contribution in [2.75, 3.05) is 14.2 Å². The highest BCUT2D eigenvalue weighted by molar-refractivity contribution is 6.77. The van der Waals surface area contributed by atoms with Gasteiger partial charge in [0, 0.05) is 12.3 Å². The van der Waals surface area contributed by atoms with E-state index in [9.17, 15) is 9.59 Å². The van der Waals surface area contributed by atoms with Gasteiger partial charge in [0.05, 0.1) is 25.4 Å². The highest BCUT2D eigenvalue weighted by Crippen LogP contribution is 2.51. The van der Waals surface area contributed by atoms with Crippen LogP contribution in [-0.2, 0) is 23.5 Å². The van der Waals surface area contributed by atoms with Gasteiger partial charge < -0.3 is 13.9 Å². The van der Waals surface area contributed by atoms with E-state index >= 15 is 0 Å². The molecule has 158 valence electrons. The number of allylic oxidation sites excluding steroid dienone is 4. The Kier molecular flexibility index (Phi) is 6.53. The summed E-state index contributed by atoms with van der Waals surface area (Å²) in [5.41, 5.74) is 0.464. The molecule has 0 saturated heterocycles. The summed E-state index contributed by atoms with van der Waals surface area (Å²) in [7, 11) is 0.695. The Bertz CT molecular complexity index is 682. The van der Waals surface area contributed by atoms with Crippen LogP contribution in [0.2, 0.25) is 16.6 Å². The van der Waals surface area contributed by atoms with Crippen LogP contribution in [0.1, 0.15) is 61.3 Å². The van der Waals surface area contributed by atoms with Crippen molar-refractivity contribution in [1.82, 2.24) is 0 Å². The monoisotopic (exact) mass is 408 g/mol. The summed E-state index contributed by atoms with van der Waals surface area (Å²) in [6.45, 7) is 15.3. The van der Waals surface area contributed by atoms with Crippen molar-refractivity contribution in [2.24, 2.45) is 11.3 Å². The second-order valence-electron chi connectivity index (χ2n) is 9.23. The largest absolute Gasteiger partial charge is 0.546 e. The van der Waals surface area contributed by atoms with Gasteiger partial charge in [-0.15, -0.1) is 0 Å². The molecule has 0 aromatic carbocycles. The summed E-state index contributed by atoms with van der Waals surface area (Å²) < 4.78 is 17.3. The molecule has 0 spiro atoms. The standard InChI is InChI=1S/C22H36O5Si/c1-13(2)28(14(3)4,15(5)6)27-16-10-11-17-18(23)19(25-8)20(26-9)21(24)22(17,7)12-16/h10,13-15,17H,11-12H2,1-9H3/t17-,22-/m1/s1. The van der Waals surface area contributed by atoms with Gasteiger partial charge in [0.1, 0.15) is 0 Å². The van der Waals surface area contributed by atoms with Crippen LogP contribution in [-0.4, -0.2) is 34.1 Å². The second kappa shape index (κ2) is 8.05. The Balaban J connectivity index is 2.43. The third-order valence-electron chi connectivity index (χ3n) is 6.79. The molecule has 0 saturated carbocycles. The van der Waals surface area contributed by atoms with Crippen LogP contribution < -0.4 is 0 Å². The van der Waals surface area contributed by atoms with Gasteiger partial charge in [0.25, 0.3) is 8.32 Å². The minimum atomic E-state index is -2.12. The normalized spacial score (nSPS) is 26.0. The van der Waals surface area contributed by atoms with E-state index in [0.29, 0.717) is 29.5 Å². The van der Waals surface area contributed by atoms with Crippen LogP contribution in [0.4, 0.5) is 0 Å². The first-order valence-electron chi connectivity index (χ1n) is 10.3. The van der Waals surface area contributed by atoms with Gasteiger partial charge in [0.2, 0.25) is 23.1 Å². The maximum Gasteiger partial charge on any atom is 0.258 e. The Hall–Kier alpha value is -1.56. The molecule has 0 aromatic heterocycles. The first-order chi connectivity index (χ1) is 13.0. The summed E-state index contributed by atoms with van der Waals surface area (Å²) in [6, 6.07) is 0. The quantitative estimate of drug-likeness (QED) is 0.546. The van der Waals surface area contributed by atoms with Crippen molar-refractivity contribution in [1.29, 1.82) is 0 Å². The van der Waals surface area contributed by atoms with Crippen LogP contribution in [0.15, 0.2) is 23.4 Å². The smallest absolute Gasteiger partial charge is 0.258 e. The lowest BCUT2D eigenvalue weighted by atomic mass is 9.62. The number of Topliss-reactive ketones (excluding diaryl/α,β-unsaturated/α-hetero) is 2. The van der Waals surface area contributed by atoms with Gasteiger partial charge in [-0.25, -0.2) is 0 Å². The molecule has 0 fully saturated rings. The van der Waals surface area contributed by atoms with Gasteiger partial charge in [-0.1, -0.05) is 48.5 Å². The average Bonchev–Trinajstić information content (AvgIpc) is 2.61. The van der Waals surface area contributed by atoms with E-state index in [1.165, 1.54) is 14.2 Å².